The summed E-state index contributed by atoms with van der Waals surface area (Å²) in [5.74, 6) is -0.202. The number of carbonyl (C=O) groups excluding carboxylic acids is 1. The first kappa shape index (κ1) is 23.2. The normalized spacial score (nSPS) is 10.9. The van der Waals surface area contributed by atoms with Gasteiger partial charge in [-0.3, -0.25) is 4.79 Å². The summed E-state index contributed by atoms with van der Waals surface area (Å²) in [6, 6.07) is 6.72. The lowest BCUT2D eigenvalue weighted by Gasteiger charge is -2.19. The molecule has 1 atom stereocenters. The van der Waals surface area contributed by atoms with Crippen molar-refractivity contribution in [3.05, 3.63) is 30.1 Å². The molecule has 0 heterocycles. The summed E-state index contributed by atoms with van der Waals surface area (Å²) in [7, 11) is 1.84. The number of carbonyl (C=O) groups is 1. The molecule has 0 bridgehead atoms. The second kappa shape index (κ2) is 12.5. The van der Waals surface area contributed by atoms with E-state index in [1.54, 1.807) is 12.1 Å². The highest BCUT2D eigenvalue weighted by molar-refractivity contribution is 5.85. The van der Waals surface area contributed by atoms with Gasteiger partial charge in [-0.15, -0.1) is 24.8 Å². The molecule has 1 unspecified atom stereocenters. The second-order valence-electron chi connectivity index (χ2n) is 5.09. The van der Waals surface area contributed by atoms with Crippen LogP contribution in [0.5, 0.6) is 0 Å². The molecule has 1 aromatic carbocycles. The number of anilines is 1. The maximum absolute atomic E-state index is 13.5. The molecule has 0 aromatic heterocycles. The average molecular weight is 354 g/mol. The molecule has 3 N–H and O–H groups in total. The van der Waals surface area contributed by atoms with Crippen LogP contribution in [0.1, 0.15) is 26.2 Å². The predicted octanol–water partition coefficient (Wildman–Crippen LogP) is 2.74. The summed E-state index contributed by atoms with van der Waals surface area (Å²) < 4.78 is 13.5. The van der Waals surface area contributed by atoms with E-state index in [9.17, 15) is 9.18 Å². The number of hydrogen-bond donors (Lipinski definition) is 2. The van der Waals surface area contributed by atoms with Crippen LogP contribution in [0.25, 0.3) is 0 Å². The van der Waals surface area contributed by atoms with Crippen molar-refractivity contribution in [2.75, 3.05) is 25.0 Å². The second-order valence-corrected chi connectivity index (χ2v) is 5.09. The largest absolute Gasteiger partial charge is 0.372 e. The minimum absolute atomic E-state index is 0. The Balaban J connectivity index is 0. The molecule has 0 spiro atoms. The van der Waals surface area contributed by atoms with E-state index in [2.05, 4.69) is 5.32 Å². The van der Waals surface area contributed by atoms with E-state index in [-0.39, 0.29) is 42.6 Å². The first-order valence-electron chi connectivity index (χ1n) is 6.98. The van der Waals surface area contributed by atoms with Gasteiger partial charge in [0.2, 0.25) is 5.91 Å². The van der Waals surface area contributed by atoms with Crippen LogP contribution < -0.4 is 16.0 Å². The van der Waals surface area contributed by atoms with Gasteiger partial charge in [-0.2, -0.15) is 0 Å². The van der Waals surface area contributed by atoms with Gasteiger partial charge in [0.15, 0.2) is 0 Å². The third kappa shape index (κ3) is 9.07. The average Bonchev–Trinajstić information content (AvgIpc) is 2.41. The fourth-order valence-corrected chi connectivity index (χ4v) is 1.87. The number of nitrogens with two attached hydrogens (primary N) is 1. The molecule has 1 aromatic rings. The summed E-state index contributed by atoms with van der Waals surface area (Å²) in [5.41, 5.74) is 6.17. The van der Waals surface area contributed by atoms with Crippen LogP contribution in [-0.2, 0) is 4.79 Å². The van der Waals surface area contributed by atoms with Crippen LogP contribution >= 0.6 is 24.8 Å². The molecule has 0 fully saturated rings. The number of rotatable bonds is 8. The van der Waals surface area contributed by atoms with Gasteiger partial charge in [0, 0.05) is 32.6 Å². The van der Waals surface area contributed by atoms with Gasteiger partial charge in [-0.25, -0.2) is 4.39 Å². The van der Waals surface area contributed by atoms with Crippen LogP contribution in [0, 0.1) is 5.82 Å². The number of amides is 1. The monoisotopic (exact) mass is 353 g/mol. The van der Waals surface area contributed by atoms with Gasteiger partial charge in [0.25, 0.3) is 0 Å². The molecule has 0 aliphatic rings. The zero-order chi connectivity index (χ0) is 15.0. The summed E-state index contributed by atoms with van der Waals surface area (Å²) in [6.07, 6.45) is 1.93. The van der Waals surface area contributed by atoms with Crippen molar-refractivity contribution in [3.8, 4) is 0 Å². The van der Waals surface area contributed by atoms with E-state index in [4.69, 9.17) is 5.73 Å². The summed E-state index contributed by atoms with van der Waals surface area (Å²) in [6.45, 7) is 3.17. The third-order valence-electron chi connectivity index (χ3n) is 3.08. The molecular formula is C15H26Cl2FN3O. The Labute approximate surface area is 144 Å². The Kier molecular flexibility index (Phi) is 13.2. The van der Waals surface area contributed by atoms with Crippen molar-refractivity contribution >= 4 is 36.4 Å². The maximum Gasteiger partial charge on any atom is 0.220 e. The Bertz CT molecular complexity index is 433. The van der Waals surface area contributed by atoms with Crippen molar-refractivity contribution in [2.24, 2.45) is 5.73 Å². The van der Waals surface area contributed by atoms with Gasteiger partial charge < -0.3 is 16.0 Å². The minimum Gasteiger partial charge on any atom is -0.372 e. The molecule has 4 nitrogen and oxygen atoms in total. The smallest absolute Gasteiger partial charge is 0.220 e. The highest BCUT2D eigenvalue weighted by atomic mass is 35.5. The molecule has 0 aliphatic carbocycles. The SMILES string of the molecule is CC(N)CCC(=O)NCCCN(C)c1ccccc1F.Cl.Cl. The number of nitrogens with one attached hydrogen (secondary N) is 1. The molecule has 128 valence electrons. The lowest BCUT2D eigenvalue weighted by Crippen LogP contribution is -2.29. The van der Waals surface area contributed by atoms with Crippen LogP contribution in [0.4, 0.5) is 10.1 Å². The fraction of sp³-hybridized carbons (Fsp3) is 0.533. The van der Waals surface area contributed by atoms with Crippen LogP contribution in [-0.4, -0.2) is 32.1 Å². The number of hydrogen-bond acceptors (Lipinski definition) is 3. The zero-order valence-electron chi connectivity index (χ0n) is 13.0. The minimum atomic E-state index is -0.226. The molecule has 1 rings (SSSR count). The Morgan fingerprint density at radius 3 is 2.59 bits per heavy atom. The van der Waals surface area contributed by atoms with Crippen molar-refractivity contribution < 1.29 is 9.18 Å². The van der Waals surface area contributed by atoms with Gasteiger partial charge in [-0.1, -0.05) is 12.1 Å². The van der Waals surface area contributed by atoms with Crippen molar-refractivity contribution in [1.29, 1.82) is 0 Å². The first-order valence-corrected chi connectivity index (χ1v) is 6.98. The number of halogens is 3. The molecule has 0 aliphatic heterocycles. The molecule has 0 radical (unpaired) electrons. The quantitative estimate of drug-likeness (QED) is 0.706. The van der Waals surface area contributed by atoms with Crippen LogP contribution in [0.2, 0.25) is 0 Å². The Morgan fingerprint density at radius 1 is 1.36 bits per heavy atom. The molecule has 1 amide bonds. The van der Waals surface area contributed by atoms with E-state index in [0.29, 0.717) is 31.6 Å². The standard InChI is InChI=1S/C15H24FN3O.2ClH/c1-12(17)8-9-15(20)18-10-5-11-19(2)14-7-4-3-6-13(14)16;;/h3-4,6-7,12H,5,8-11,17H2,1-2H3,(H,18,20);2*1H. The van der Waals surface area contributed by atoms with E-state index in [1.165, 1.54) is 6.07 Å². The Morgan fingerprint density at radius 2 is 2.00 bits per heavy atom. The fourth-order valence-electron chi connectivity index (χ4n) is 1.87. The van der Waals surface area contributed by atoms with Gasteiger partial charge in [0.05, 0.1) is 5.69 Å². The van der Waals surface area contributed by atoms with Gasteiger partial charge in [0.1, 0.15) is 5.82 Å². The van der Waals surface area contributed by atoms with Crippen LogP contribution in [0.15, 0.2) is 24.3 Å². The third-order valence-corrected chi connectivity index (χ3v) is 3.08. The van der Waals surface area contributed by atoms with Gasteiger partial charge in [-0.05, 0) is 31.9 Å². The molecule has 0 saturated heterocycles. The van der Waals surface area contributed by atoms with Crippen molar-refractivity contribution in [2.45, 2.75) is 32.2 Å². The molecule has 22 heavy (non-hydrogen) atoms. The van der Waals surface area contributed by atoms with Crippen molar-refractivity contribution in [1.82, 2.24) is 5.32 Å². The predicted molar refractivity (Wildman–Crippen MR) is 94.7 cm³/mol. The number of nitrogens with zero attached hydrogens (tertiary/aromatic N) is 1. The van der Waals surface area contributed by atoms with Crippen LogP contribution in [0.3, 0.4) is 0 Å². The zero-order valence-corrected chi connectivity index (χ0v) is 14.7. The molecular weight excluding hydrogens is 328 g/mol. The number of benzene rings is 1. The van der Waals surface area contributed by atoms with E-state index < -0.39 is 0 Å². The highest BCUT2D eigenvalue weighted by Gasteiger charge is 2.06. The maximum atomic E-state index is 13.5. The molecule has 0 saturated carbocycles. The first-order chi connectivity index (χ1) is 9.50. The topological polar surface area (TPSA) is 58.4 Å². The summed E-state index contributed by atoms with van der Waals surface area (Å²) >= 11 is 0. The highest BCUT2D eigenvalue weighted by Crippen LogP contribution is 2.16. The van der Waals surface area contributed by atoms with E-state index in [0.717, 1.165) is 6.42 Å². The molecule has 7 heteroatoms. The lowest BCUT2D eigenvalue weighted by molar-refractivity contribution is -0.121. The lowest BCUT2D eigenvalue weighted by atomic mass is 10.2. The number of para-hydroxylation sites is 1. The summed E-state index contributed by atoms with van der Waals surface area (Å²) in [5, 5.41) is 2.84. The Hall–Kier alpha value is -1.04. The van der Waals surface area contributed by atoms with E-state index >= 15 is 0 Å². The summed E-state index contributed by atoms with van der Waals surface area (Å²) in [4.78, 5) is 13.3. The van der Waals surface area contributed by atoms with Gasteiger partial charge >= 0.3 is 0 Å². The van der Waals surface area contributed by atoms with E-state index in [1.807, 2.05) is 24.9 Å². The van der Waals surface area contributed by atoms with Crippen molar-refractivity contribution in [3.63, 3.8) is 0 Å².